The molecule has 0 saturated heterocycles. The zero-order chi connectivity index (χ0) is 25.5. The molecular formula is C25H22ClN5O4S. The van der Waals surface area contributed by atoms with Gasteiger partial charge in [-0.2, -0.15) is 5.10 Å². The molecule has 0 saturated carbocycles. The number of halogens is 1. The summed E-state index contributed by atoms with van der Waals surface area (Å²) in [6.07, 6.45) is 1.35. The molecular weight excluding hydrogens is 502 g/mol. The van der Waals surface area contributed by atoms with Crippen LogP contribution in [0.1, 0.15) is 5.56 Å². The Labute approximate surface area is 216 Å². The molecule has 0 aliphatic heterocycles. The van der Waals surface area contributed by atoms with Crippen molar-refractivity contribution in [1.29, 1.82) is 0 Å². The standard InChI is InChI=1S/C25H22ClN5O4S/c1-34-20-12-6-16(7-13-20)24-29-30-25(31(24)19-10-8-18(26)9-11-19)36-15-22(32)28-27-14-17-4-3-5-21(35-2)23(17)33/h3-14,33H,15H2,1-2H3,(H,28,32). The highest BCUT2D eigenvalue weighted by Gasteiger charge is 2.17. The molecule has 9 nitrogen and oxygen atoms in total. The van der Waals surface area contributed by atoms with Gasteiger partial charge in [0, 0.05) is 21.8 Å². The molecule has 3 aromatic carbocycles. The first-order valence-corrected chi connectivity index (χ1v) is 12.0. The van der Waals surface area contributed by atoms with E-state index in [0.717, 1.165) is 17.0 Å². The van der Waals surface area contributed by atoms with Gasteiger partial charge in [-0.25, -0.2) is 5.43 Å². The average Bonchev–Trinajstić information content (AvgIpc) is 3.33. The molecule has 4 rings (SSSR count). The molecule has 0 aliphatic rings. The van der Waals surface area contributed by atoms with Gasteiger partial charge in [0.1, 0.15) is 5.75 Å². The third kappa shape index (κ3) is 5.78. The number of phenolic OH excluding ortho intramolecular Hbond substituents is 1. The highest BCUT2D eigenvalue weighted by atomic mass is 35.5. The van der Waals surface area contributed by atoms with Gasteiger partial charge in [0.2, 0.25) is 0 Å². The zero-order valence-electron chi connectivity index (χ0n) is 19.4. The lowest BCUT2D eigenvalue weighted by molar-refractivity contribution is -0.118. The van der Waals surface area contributed by atoms with Crippen molar-refractivity contribution in [3.8, 4) is 34.3 Å². The van der Waals surface area contributed by atoms with E-state index in [9.17, 15) is 9.90 Å². The van der Waals surface area contributed by atoms with E-state index in [-0.39, 0.29) is 17.4 Å². The number of benzene rings is 3. The normalized spacial score (nSPS) is 11.0. The number of hydrogen-bond donors (Lipinski definition) is 2. The van der Waals surface area contributed by atoms with Gasteiger partial charge in [0.25, 0.3) is 5.91 Å². The van der Waals surface area contributed by atoms with Gasteiger partial charge in [-0.05, 0) is 60.7 Å². The van der Waals surface area contributed by atoms with E-state index in [1.807, 2.05) is 41.0 Å². The minimum Gasteiger partial charge on any atom is -0.504 e. The van der Waals surface area contributed by atoms with Crippen molar-refractivity contribution in [2.45, 2.75) is 5.16 Å². The number of ether oxygens (including phenoxy) is 2. The number of nitrogens with zero attached hydrogens (tertiary/aromatic N) is 4. The van der Waals surface area contributed by atoms with Gasteiger partial charge in [-0.3, -0.25) is 9.36 Å². The second-order valence-electron chi connectivity index (χ2n) is 7.33. The smallest absolute Gasteiger partial charge is 0.250 e. The molecule has 4 aromatic rings. The molecule has 2 N–H and O–H groups in total. The largest absolute Gasteiger partial charge is 0.504 e. The molecule has 11 heteroatoms. The van der Waals surface area contributed by atoms with E-state index in [1.54, 1.807) is 37.4 Å². The van der Waals surface area contributed by atoms with Gasteiger partial charge in [0.05, 0.1) is 26.2 Å². The highest BCUT2D eigenvalue weighted by molar-refractivity contribution is 7.99. The number of carbonyl (C=O) groups is 1. The van der Waals surface area contributed by atoms with Crippen LogP contribution in [0.3, 0.4) is 0 Å². The van der Waals surface area contributed by atoms with Crippen LogP contribution in [0.25, 0.3) is 17.1 Å². The third-order valence-electron chi connectivity index (χ3n) is 5.04. The van der Waals surface area contributed by atoms with Crippen LogP contribution in [0.5, 0.6) is 17.2 Å². The fraction of sp³-hybridized carbons (Fsp3) is 0.120. The van der Waals surface area contributed by atoms with Gasteiger partial charge in [-0.15, -0.1) is 10.2 Å². The van der Waals surface area contributed by atoms with Crippen LogP contribution in [-0.4, -0.2) is 52.0 Å². The maximum atomic E-state index is 12.4. The highest BCUT2D eigenvalue weighted by Crippen LogP contribution is 2.30. The Bertz CT molecular complexity index is 1370. The van der Waals surface area contributed by atoms with Crippen molar-refractivity contribution in [3.63, 3.8) is 0 Å². The summed E-state index contributed by atoms with van der Waals surface area (Å²) < 4.78 is 12.2. The summed E-state index contributed by atoms with van der Waals surface area (Å²) in [6.45, 7) is 0. The number of phenols is 1. The van der Waals surface area contributed by atoms with Crippen LogP contribution in [0.2, 0.25) is 5.02 Å². The number of aromatic hydroxyl groups is 1. The molecule has 36 heavy (non-hydrogen) atoms. The zero-order valence-corrected chi connectivity index (χ0v) is 21.0. The van der Waals surface area contributed by atoms with E-state index >= 15 is 0 Å². The first-order chi connectivity index (χ1) is 17.5. The Balaban J connectivity index is 1.51. The van der Waals surface area contributed by atoms with E-state index in [2.05, 4.69) is 20.7 Å². The monoisotopic (exact) mass is 523 g/mol. The van der Waals surface area contributed by atoms with Crippen molar-refractivity contribution in [1.82, 2.24) is 20.2 Å². The van der Waals surface area contributed by atoms with Gasteiger partial charge in [0.15, 0.2) is 22.5 Å². The van der Waals surface area contributed by atoms with E-state index in [4.69, 9.17) is 21.1 Å². The molecule has 0 radical (unpaired) electrons. The number of carbonyl (C=O) groups excluding carboxylic acids is 1. The average molecular weight is 524 g/mol. The Hall–Kier alpha value is -4.02. The molecule has 0 atom stereocenters. The maximum absolute atomic E-state index is 12.4. The lowest BCUT2D eigenvalue weighted by Gasteiger charge is -2.11. The summed E-state index contributed by atoms with van der Waals surface area (Å²) >= 11 is 7.29. The van der Waals surface area contributed by atoms with Crippen molar-refractivity contribution < 1.29 is 19.4 Å². The Morgan fingerprint density at radius 3 is 2.53 bits per heavy atom. The molecule has 1 heterocycles. The molecule has 184 valence electrons. The first kappa shape index (κ1) is 25.1. The predicted molar refractivity (Wildman–Crippen MR) is 139 cm³/mol. The number of nitrogens with one attached hydrogen (secondary N) is 1. The summed E-state index contributed by atoms with van der Waals surface area (Å²) in [5.74, 6) is 1.27. The van der Waals surface area contributed by atoms with E-state index in [0.29, 0.717) is 27.3 Å². The number of hydrazone groups is 1. The number of rotatable bonds is 9. The number of hydrogen-bond acceptors (Lipinski definition) is 8. The topological polar surface area (TPSA) is 111 Å². The van der Waals surface area contributed by atoms with E-state index < -0.39 is 0 Å². The fourth-order valence-electron chi connectivity index (χ4n) is 3.26. The Morgan fingerprint density at radius 1 is 1.08 bits per heavy atom. The van der Waals surface area contributed by atoms with E-state index in [1.165, 1.54) is 25.1 Å². The van der Waals surface area contributed by atoms with Gasteiger partial charge < -0.3 is 14.6 Å². The molecule has 0 fully saturated rings. The summed E-state index contributed by atoms with van der Waals surface area (Å²) in [7, 11) is 3.06. The maximum Gasteiger partial charge on any atom is 0.250 e. The minimum absolute atomic E-state index is 0.0375. The van der Waals surface area contributed by atoms with Crippen molar-refractivity contribution in [2.24, 2.45) is 5.10 Å². The van der Waals surface area contributed by atoms with Crippen LogP contribution in [0.15, 0.2) is 77.0 Å². The molecule has 0 spiro atoms. The van der Waals surface area contributed by atoms with Crippen LogP contribution < -0.4 is 14.9 Å². The van der Waals surface area contributed by atoms with Gasteiger partial charge in [-0.1, -0.05) is 29.4 Å². The predicted octanol–water partition coefficient (Wildman–Crippen LogP) is 4.55. The fourth-order valence-corrected chi connectivity index (χ4v) is 4.13. The van der Waals surface area contributed by atoms with Crippen LogP contribution in [0.4, 0.5) is 0 Å². The van der Waals surface area contributed by atoms with Crippen molar-refractivity contribution >= 4 is 35.5 Å². The molecule has 0 unspecified atom stereocenters. The van der Waals surface area contributed by atoms with Crippen molar-refractivity contribution in [2.75, 3.05) is 20.0 Å². The summed E-state index contributed by atoms with van der Waals surface area (Å²) in [5.41, 5.74) is 4.49. The Morgan fingerprint density at radius 2 is 1.83 bits per heavy atom. The summed E-state index contributed by atoms with van der Waals surface area (Å²) in [4.78, 5) is 12.4. The number of amides is 1. The molecule has 1 amide bonds. The third-order valence-corrected chi connectivity index (χ3v) is 6.22. The number of thioether (sulfide) groups is 1. The summed E-state index contributed by atoms with van der Waals surface area (Å²) in [6, 6.07) is 19.7. The van der Waals surface area contributed by atoms with Gasteiger partial charge >= 0.3 is 0 Å². The number of methoxy groups -OCH3 is 2. The second-order valence-corrected chi connectivity index (χ2v) is 8.71. The van der Waals surface area contributed by atoms with Crippen molar-refractivity contribution in [3.05, 3.63) is 77.3 Å². The minimum atomic E-state index is -0.352. The first-order valence-electron chi connectivity index (χ1n) is 10.7. The molecule has 0 aliphatic carbocycles. The Kier molecular flexibility index (Phi) is 8.09. The van der Waals surface area contributed by atoms with Crippen LogP contribution in [0, 0.1) is 0 Å². The lowest BCUT2D eigenvalue weighted by atomic mass is 10.2. The number of aromatic nitrogens is 3. The molecule has 1 aromatic heterocycles. The van der Waals surface area contributed by atoms with Crippen LogP contribution in [-0.2, 0) is 4.79 Å². The number of para-hydroxylation sites is 1. The van der Waals surface area contributed by atoms with Crippen LogP contribution >= 0.6 is 23.4 Å². The SMILES string of the molecule is COc1ccc(-c2nnc(SCC(=O)NN=Cc3cccc(OC)c3O)n2-c2ccc(Cl)cc2)cc1. The molecule has 0 bridgehead atoms. The quantitative estimate of drug-likeness (QED) is 0.188. The summed E-state index contributed by atoms with van der Waals surface area (Å²) in [5, 5.41) is 23.8. The lowest BCUT2D eigenvalue weighted by Crippen LogP contribution is -2.20. The second kappa shape index (κ2) is 11.6.